The molecule has 88 valence electrons. The second-order valence-corrected chi connectivity index (χ2v) is 4.67. The van der Waals surface area contributed by atoms with Crippen LogP contribution in [0.25, 0.3) is 0 Å². The van der Waals surface area contributed by atoms with Gasteiger partial charge in [-0.15, -0.1) is 0 Å². The molecule has 0 spiro atoms. The fraction of sp³-hybridized carbons (Fsp3) is 0.538. The highest BCUT2D eigenvalue weighted by molar-refractivity contribution is 5.40. The lowest BCUT2D eigenvalue weighted by molar-refractivity contribution is 0.302. The van der Waals surface area contributed by atoms with E-state index in [0.29, 0.717) is 11.5 Å². The van der Waals surface area contributed by atoms with Crippen molar-refractivity contribution in [1.29, 1.82) is 0 Å². The number of phenols is 2. The molecule has 1 aromatic rings. The highest BCUT2D eigenvalue weighted by atomic mass is 16.3. The summed E-state index contributed by atoms with van der Waals surface area (Å²) in [6.45, 7) is 0. The summed E-state index contributed by atoms with van der Waals surface area (Å²) in [5.41, 5.74) is 6.84. The largest absolute Gasteiger partial charge is 0.508 e. The Morgan fingerprint density at radius 1 is 1.12 bits per heavy atom. The van der Waals surface area contributed by atoms with Gasteiger partial charge in [-0.25, -0.2) is 0 Å². The Kier molecular flexibility index (Phi) is 3.34. The summed E-state index contributed by atoms with van der Waals surface area (Å²) in [6.07, 6.45) is 5.97. The predicted molar refractivity (Wildman–Crippen MR) is 63.3 cm³/mol. The molecule has 0 aliphatic heterocycles. The molecule has 1 fully saturated rings. The summed E-state index contributed by atoms with van der Waals surface area (Å²) in [7, 11) is 0. The smallest absolute Gasteiger partial charge is 0.120 e. The van der Waals surface area contributed by atoms with Crippen molar-refractivity contribution in [3.05, 3.63) is 23.8 Å². The highest BCUT2D eigenvalue weighted by Crippen LogP contribution is 2.37. The minimum absolute atomic E-state index is 0.160. The highest BCUT2D eigenvalue weighted by Gasteiger charge is 2.23. The molecular weight excluding hydrogens is 202 g/mol. The van der Waals surface area contributed by atoms with E-state index in [2.05, 4.69) is 0 Å². The molecule has 1 atom stereocenters. The van der Waals surface area contributed by atoms with Crippen molar-refractivity contribution in [2.45, 2.75) is 38.1 Å². The van der Waals surface area contributed by atoms with E-state index >= 15 is 0 Å². The Morgan fingerprint density at radius 2 is 1.81 bits per heavy atom. The van der Waals surface area contributed by atoms with E-state index in [1.54, 1.807) is 6.07 Å². The van der Waals surface area contributed by atoms with E-state index < -0.39 is 0 Å². The summed E-state index contributed by atoms with van der Waals surface area (Å²) >= 11 is 0. The first-order valence-corrected chi connectivity index (χ1v) is 5.96. The van der Waals surface area contributed by atoms with Gasteiger partial charge in [0, 0.05) is 11.6 Å². The lowest BCUT2D eigenvalue weighted by Crippen LogP contribution is -2.23. The van der Waals surface area contributed by atoms with Gasteiger partial charge in [-0.1, -0.05) is 19.3 Å². The van der Waals surface area contributed by atoms with Crippen molar-refractivity contribution in [1.82, 2.24) is 0 Å². The topological polar surface area (TPSA) is 66.5 Å². The average molecular weight is 221 g/mol. The molecule has 1 aliphatic carbocycles. The summed E-state index contributed by atoms with van der Waals surface area (Å²) < 4.78 is 0. The van der Waals surface area contributed by atoms with Crippen LogP contribution in [-0.2, 0) is 0 Å². The monoisotopic (exact) mass is 221 g/mol. The maximum atomic E-state index is 9.74. The molecule has 4 N–H and O–H groups in total. The van der Waals surface area contributed by atoms with Gasteiger partial charge in [0.05, 0.1) is 0 Å². The molecule has 3 nitrogen and oxygen atoms in total. The zero-order valence-corrected chi connectivity index (χ0v) is 9.39. The van der Waals surface area contributed by atoms with Crippen LogP contribution < -0.4 is 5.73 Å². The molecule has 0 aromatic heterocycles. The van der Waals surface area contributed by atoms with Crippen molar-refractivity contribution in [3.8, 4) is 11.5 Å². The van der Waals surface area contributed by atoms with Gasteiger partial charge < -0.3 is 15.9 Å². The Labute approximate surface area is 95.9 Å². The number of hydrogen-bond acceptors (Lipinski definition) is 3. The van der Waals surface area contributed by atoms with Gasteiger partial charge >= 0.3 is 0 Å². The van der Waals surface area contributed by atoms with Crippen molar-refractivity contribution < 1.29 is 10.2 Å². The molecule has 2 rings (SSSR count). The Balaban J connectivity index is 2.18. The molecule has 1 saturated carbocycles. The molecule has 3 heteroatoms. The molecule has 1 aromatic carbocycles. The van der Waals surface area contributed by atoms with Crippen LogP contribution in [0.4, 0.5) is 0 Å². The number of hydrogen-bond donors (Lipinski definition) is 3. The van der Waals surface area contributed by atoms with Gasteiger partial charge in [-0.3, -0.25) is 0 Å². The Hall–Kier alpha value is -1.22. The predicted octanol–water partition coefficient (Wildman–Crippen LogP) is 2.68. The molecule has 0 radical (unpaired) electrons. The summed E-state index contributed by atoms with van der Waals surface area (Å²) in [6, 6.07) is 4.40. The second kappa shape index (κ2) is 4.74. The van der Waals surface area contributed by atoms with Gasteiger partial charge in [-0.2, -0.15) is 0 Å². The molecule has 0 unspecified atom stereocenters. The number of phenolic OH excluding ortho intramolecular Hbond substituents is 2. The summed E-state index contributed by atoms with van der Waals surface area (Å²) in [5.74, 6) is 0.788. The second-order valence-electron chi connectivity index (χ2n) is 4.67. The fourth-order valence-electron chi connectivity index (χ4n) is 2.56. The third-order valence-electron chi connectivity index (χ3n) is 3.53. The van der Waals surface area contributed by atoms with Crippen LogP contribution in [0.15, 0.2) is 18.2 Å². The molecule has 16 heavy (non-hydrogen) atoms. The number of benzene rings is 1. The van der Waals surface area contributed by atoms with Crippen LogP contribution in [0.3, 0.4) is 0 Å². The van der Waals surface area contributed by atoms with Gasteiger partial charge in [0.25, 0.3) is 0 Å². The molecule has 0 amide bonds. The normalized spacial score (nSPS) is 19.6. The lowest BCUT2D eigenvalue weighted by atomic mass is 9.81. The van der Waals surface area contributed by atoms with Crippen molar-refractivity contribution in [2.24, 2.45) is 11.7 Å². The number of aromatic hydroxyl groups is 2. The van der Waals surface area contributed by atoms with E-state index in [-0.39, 0.29) is 17.5 Å². The van der Waals surface area contributed by atoms with Gasteiger partial charge in [0.2, 0.25) is 0 Å². The minimum Gasteiger partial charge on any atom is -0.508 e. The SMILES string of the molecule is N[C@@H](c1cc(O)ccc1O)C1CCCCC1. The zero-order valence-electron chi connectivity index (χ0n) is 9.39. The Morgan fingerprint density at radius 3 is 2.50 bits per heavy atom. The van der Waals surface area contributed by atoms with E-state index in [1.807, 2.05) is 0 Å². The summed E-state index contributed by atoms with van der Waals surface area (Å²) in [4.78, 5) is 0. The van der Waals surface area contributed by atoms with Gasteiger partial charge in [-0.05, 0) is 37.0 Å². The van der Waals surface area contributed by atoms with Crippen LogP contribution in [0.2, 0.25) is 0 Å². The first-order chi connectivity index (χ1) is 7.68. The molecular formula is C13H19NO2. The quantitative estimate of drug-likeness (QED) is 0.673. The zero-order chi connectivity index (χ0) is 11.5. The molecule has 0 bridgehead atoms. The lowest BCUT2D eigenvalue weighted by Gasteiger charge is -2.28. The van der Waals surface area contributed by atoms with Gasteiger partial charge in [0.1, 0.15) is 11.5 Å². The molecule has 1 aliphatic rings. The molecule has 0 heterocycles. The van der Waals surface area contributed by atoms with Crippen molar-refractivity contribution in [3.63, 3.8) is 0 Å². The van der Waals surface area contributed by atoms with Crippen LogP contribution in [0.5, 0.6) is 11.5 Å². The van der Waals surface area contributed by atoms with Crippen LogP contribution >= 0.6 is 0 Å². The third kappa shape index (κ3) is 2.30. The average Bonchev–Trinajstić information content (AvgIpc) is 2.32. The van der Waals surface area contributed by atoms with E-state index in [1.165, 1.54) is 31.4 Å². The number of rotatable bonds is 2. The standard InChI is InChI=1S/C13H19NO2/c14-13(9-4-2-1-3-5-9)11-8-10(15)6-7-12(11)16/h6-9,13,15-16H,1-5,14H2/t13-/m1/s1. The summed E-state index contributed by atoms with van der Waals surface area (Å²) in [5, 5.41) is 19.2. The van der Waals surface area contributed by atoms with E-state index in [9.17, 15) is 10.2 Å². The maximum absolute atomic E-state index is 9.74. The van der Waals surface area contributed by atoms with E-state index in [0.717, 1.165) is 12.8 Å². The maximum Gasteiger partial charge on any atom is 0.120 e. The van der Waals surface area contributed by atoms with Crippen LogP contribution in [0, 0.1) is 5.92 Å². The minimum atomic E-state index is -0.160. The van der Waals surface area contributed by atoms with Crippen molar-refractivity contribution in [2.75, 3.05) is 0 Å². The first-order valence-electron chi connectivity index (χ1n) is 5.96. The fourth-order valence-corrected chi connectivity index (χ4v) is 2.56. The number of nitrogens with two attached hydrogens (primary N) is 1. The van der Waals surface area contributed by atoms with Crippen LogP contribution in [0.1, 0.15) is 43.7 Å². The van der Waals surface area contributed by atoms with E-state index in [4.69, 9.17) is 5.73 Å². The van der Waals surface area contributed by atoms with Crippen LogP contribution in [-0.4, -0.2) is 10.2 Å². The van der Waals surface area contributed by atoms with Crippen molar-refractivity contribution >= 4 is 0 Å². The first kappa shape index (κ1) is 11.3. The third-order valence-corrected chi connectivity index (χ3v) is 3.53. The Bertz CT molecular complexity index is 359. The van der Waals surface area contributed by atoms with Gasteiger partial charge in [0.15, 0.2) is 0 Å². The molecule has 0 saturated heterocycles.